The van der Waals surface area contributed by atoms with Gasteiger partial charge in [-0.3, -0.25) is 9.10 Å². The van der Waals surface area contributed by atoms with Gasteiger partial charge in [0, 0.05) is 32.2 Å². The van der Waals surface area contributed by atoms with E-state index in [2.05, 4.69) is 15.4 Å². The van der Waals surface area contributed by atoms with Gasteiger partial charge < -0.3 is 5.32 Å². The van der Waals surface area contributed by atoms with Gasteiger partial charge in [-0.15, -0.1) is 0 Å². The molecule has 0 saturated heterocycles. The number of halogens is 2. The highest BCUT2D eigenvalue weighted by molar-refractivity contribution is 7.92. The molecule has 0 fully saturated rings. The highest BCUT2D eigenvalue weighted by atomic mass is 35.5. The van der Waals surface area contributed by atoms with Crippen molar-refractivity contribution in [2.75, 3.05) is 11.4 Å². The minimum atomic E-state index is -4.02. The van der Waals surface area contributed by atoms with Crippen molar-refractivity contribution in [3.63, 3.8) is 0 Å². The monoisotopic (exact) mass is 499 g/mol. The van der Waals surface area contributed by atoms with Crippen molar-refractivity contribution < 1.29 is 17.6 Å². The van der Waals surface area contributed by atoms with Crippen LogP contribution >= 0.6 is 11.6 Å². The third kappa shape index (κ3) is 4.92. The Morgan fingerprint density at radius 1 is 1.12 bits per heavy atom. The predicted molar refractivity (Wildman–Crippen MR) is 126 cm³/mol. The van der Waals surface area contributed by atoms with Crippen molar-refractivity contribution in [3.8, 4) is 5.82 Å². The first kappa shape index (κ1) is 23.4. The van der Waals surface area contributed by atoms with Gasteiger partial charge in [0.1, 0.15) is 5.82 Å². The lowest BCUT2D eigenvalue weighted by atomic mass is 10.2. The number of nitrogens with one attached hydrogen (secondary N) is 1. The van der Waals surface area contributed by atoms with Crippen LogP contribution in [0.15, 0.2) is 84.1 Å². The Labute approximate surface area is 200 Å². The fourth-order valence-electron chi connectivity index (χ4n) is 3.16. The smallest absolute Gasteiger partial charge is 0.264 e. The summed E-state index contributed by atoms with van der Waals surface area (Å²) in [5, 5.41) is 6.97. The molecule has 0 aliphatic carbocycles. The summed E-state index contributed by atoms with van der Waals surface area (Å²) in [7, 11) is -2.68. The topological polar surface area (TPSA) is 97.2 Å². The van der Waals surface area contributed by atoms with Crippen LogP contribution in [0.2, 0.25) is 5.02 Å². The molecule has 0 radical (unpaired) electrons. The van der Waals surface area contributed by atoms with E-state index in [1.807, 2.05) is 0 Å². The van der Waals surface area contributed by atoms with Crippen molar-refractivity contribution in [3.05, 3.63) is 101 Å². The maximum absolute atomic E-state index is 13.2. The molecule has 34 heavy (non-hydrogen) atoms. The SMILES string of the molecule is CN(c1ccc(F)cc1)S(=O)(=O)c1ccc(Cl)c(C(=O)NCc2ccnc(-n3cccn3)c2)c1. The average molecular weight is 500 g/mol. The molecule has 0 aliphatic heterocycles. The van der Waals surface area contributed by atoms with Gasteiger partial charge in [-0.25, -0.2) is 22.5 Å². The largest absolute Gasteiger partial charge is 0.348 e. The molecule has 0 atom stereocenters. The second kappa shape index (κ2) is 9.62. The zero-order valence-corrected chi connectivity index (χ0v) is 19.5. The molecule has 0 spiro atoms. The summed E-state index contributed by atoms with van der Waals surface area (Å²) in [5.74, 6) is -0.429. The molecule has 1 amide bonds. The van der Waals surface area contributed by atoms with E-state index in [0.717, 1.165) is 9.87 Å². The first-order valence-corrected chi connectivity index (χ1v) is 11.8. The third-order valence-electron chi connectivity index (χ3n) is 5.03. The summed E-state index contributed by atoms with van der Waals surface area (Å²) >= 11 is 6.20. The van der Waals surface area contributed by atoms with Gasteiger partial charge in [-0.05, 0) is 66.2 Å². The van der Waals surface area contributed by atoms with Crippen molar-refractivity contribution in [1.29, 1.82) is 0 Å². The first-order chi connectivity index (χ1) is 16.3. The number of rotatable bonds is 7. The number of pyridine rings is 1. The number of benzene rings is 2. The summed E-state index contributed by atoms with van der Waals surface area (Å²) in [6.45, 7) is 0.165. The Bertz CT molecular complexity index is 1430. The van der Waals surface area contributed by atoms with Crippen LogP contribution in [0.3, 0.4) is 0 Å². The van der Waals surface area contributed by atoms with Crippen molar-refractivity contribution >= 4 is 33.2 Å². The van der Waals surface area contributed by atoms with Crippen LogP contribution in [0, 0.1) is 5.82 Å². The van der Waals surface area contributed by atoms with E-state index in [1.165, 1.54) is 49.5 Å². The van der Waals surface area contributed by atoms with Gasteiger partial charge in [0.05, 0.1) is 21.2 Å². The molecule has 2 aromatic heterocycles. The Hall–Kier alpha value is -3.76. The highest BCUT2D eigenvalue weighted by Gasteiger charge is 2.24. The molecular weight excluding hydrogens is 481 g/mol. The molecule has 0 unspecified atom stereocenters. The van der Waals surface area contributed by atoms with E-state index in [-0.39, 0.29) is 27.7 Å². The summed E-state index contributed by atoms with van der Waals surface area (Å²) in [5.41, 5.74) is 1.05. The normalized spacial score (nSPS) is 11.3. The van der Waals surface area contributed by atoms with Gasteiger partial charge in [0.25, 0.3) is 15.9 Å². The standard InChI is InChI=1S/C23H19ClFN5O3S/c1-29(18-5-3-17(25)4-6-18)34(32,33)19-7-8-21(24)20(14-19)23(31)27-15-16-9-11-26-22(13-16)30-12-2-10-28-30/h2-14H,15H2,1H3,(H,27,31). The van der Waals surface area contributed by atoms with Crippen LogP contribution in [0.4, 0.5) is 10.1 Å². The number of hydrogen-bond acceptors (Lipinski definition) is 5. The zero-order chi connectivity index (χ0) is 24.3. The summed E-state index contributed by atoms with van der Waals surface area (Å²) in [6.07, 6.45) is 4.98. The predicted octanol–water partition coefficient (Wildman–Crippen LogP) is 3.81. The maximum atomic E-state index is 13.2. The van der Waals surface area contributed by atoms with Crippen LogP contribution in [0.1, 0.15) is 15.9 Å². The van der Waals surface area contributed by atoms with E-state index in [1.54, 1.807) is 41.5 Å². The molecule has 8 nitrogen and oxygen atoms in total. The summed E-state index contributed by atoms with van der Waals surface area (Å²) < 4.78 is 42.0. The minimum absolute atomic E-state index is 0.0107. The van der Waals surface area contributed by atoms with E-state index in [9.17, 15) is 17.6 Å². The summed E-state index contributed by atoms with van der Waals surface area (Å²) in [6, 6.07) is 14.2. The number of carbonyl (C=O) groups is 1. The second-order valence-corrected chi connectivity index (χ2v) is 9.62. The van der Waals surface area contributed by atoms with E-state index in [0.29, 0.717) is 5.82 Å². The van der Waals surface area contributed by atoms with Crippen molar-refractivity contribution in [2.45, 2.75) is 11.4 Å². The van der Waals surface area contributed by atoms with E-state index >= 15 is 0 Å². The Morgan fingerprint density at radius 3 is 2.59 bits per heavy atom. The zero-order valence-electron chi connectivity index (χ0n) is 17.9. The highest BCUT2D eigenvalue weighted by Crippen LogP contribution is 2.26. The van der Waals surface area contributed by atoms with Gasteiger partial charge in [-0.1, -0.05) is 11.6 Å². The quantitative estimate of drug-likeness (QED) is 0.417. The average Bonchev–Trinajstić information content (AvgIpc) is 3.38. The Morgan fingerprint density at radius 2 is 1.88 bits per heavy atom. The number of anilines is 1. The van der Waals surface area contributed by atoms with Crippen LogP contribution in [-0.4, -0.2) is 36.1 Å². The molecule has 174 valence electrons. The Balaban J connectivity index is 1.53. The number of hydrogen-bond donors (Lipinski definition) is 1. The number of sulfonamides is 1. The molecule has 4 aromatic rings. The molecule has 0 saturated carbocycles. The first-order valence-electron chi connectivity index (χ1n) is 10.0. The summed E-state index contributed by atoms with van der Waals surface area (Å²) in [4.78, 5) is 16.9. The van der Waals surface area contributed by atoms with Crippen LogP contribution in [0.5, 0.6) is 0 Å². The van der Waals surface area contributed by atoms with Gasteiger partial charge in [0.15, 0.2) is 5.82 Å². The second-order valence-electron chi connectivity index (χ2n) is 7.25. The fourth-order valence-corrected chi connectivity index (χ4v) is 4.59. The lowest BCUT2D eigenvalue weighted by molar-refractivity contribution is 0.0951. The molecule has 2 heterocycles. The Kier molecular flexibility index (Phi) is 6.62. The number of carbonyl (C=O) groups excluding carboxylic acids is 1. The third-order valence-corrected chi connectivity index (χ3v) is 7.14. The molecule has 11 heteroatoms. The molecule has 1 N–H and O–H groups in total. The van der Waals surface area contributed by atoms with Gasteiger partial charge in [-0.2, -0.15) is 5.10 Å². The van der Waals surface area contributed by atoms with Crippen molar-refractivity contribution in [2.24, 2.45) is 0 Å². The van der Waals surface area contributed by atoms with E-state index < -0.39 is 21.7 Å². The van der Waals surface area contributed by atoms with Gasteiger partial charge in [0.2, 0.25) is 0 Å². The molecule has 0 bridgehead atoms. The minimum Gasteiger partial charge on any atom is -0.348 e. The van der Waals surface area contributed by atoms with Crippen molar-refractivity contribution in [1.82, 2.24) is 20.1 Å². The number of nitrogens with zero attached hydrogens (tertiary/aromatic N) is 4. The van der Waals surface area contributed by atoms with E-state index in [4.69, 9.17) is 11.6 Å². The molecule has 0 aliphatic rings. The van der Waals surface area contributed by atoms with Crippen LogP contribution in [-0.2, 0) is 16.6 Å². The molecule has 4 rings (SSSR count). The fraction of sp³-hybridized carbons (Fsp3) is 0.0870. The maximum Gasteiger partial charge on any atom is 0.264 e. The lowest BCUT2D eigenvalue weighted by Crippen LogP contribution is -2.27. The number of aromatic nitrogens is 3. The number of amides is 1. The lowest BCUT2D eigenvalue weighted by Gasteiger charge is -2.20. The van der Waals surface area contributed by atoms with Gasteiger partial charge >= 0.3 is 0 Å². The molecular formula is C23H19ClFN5O3S. The molecule has 2 aromatic carbocycles. The van der Waals surface area contributed by atoms with Crippen LogP contribution in [0.25, 0.3) is 5.82 Å². The van der Waals surface area contributed by atoms with Crippen LogP contribution < -0.4 is 9.62 Å².